The summed E-state index contributed by atoms with van der Waals surface area (Å²) in [5.74, 6) is -1.49. The Labute approximate surface area is 298 Å². The fourth-order valence-electron chi connectivity index (χ4n) is 6.24. The first-order valence-corrected chi connectivity index (χ1v) is 19.5. The van der Waals surface area contributed by atoms with Crippen LogP contribution >= 0.6 is 0 Å². The van der Waals surface area contributed by atoms with Gasteiger partial charge >= 0.3 is 0 Å². The van der Waals surface area contributed by atoms with Gasteiger partial charge in [-0.3, -0.25) is 13.7 Å². The van der Waals surface area contributed by atoms with Gasteiger partial charge in [0.05, 0.1) is 21.8 Å². The summed E-state index contributed by atoms with van der Waals surface area (Å²) < 4.78 is 109. The average molecular weight is 771 g/mol. The summed E-state index contributed by atoms with van der Waals surface area (Å²) >= 11 is 0. The summed E-state index contributed by atoms with van der Waals surface area (Å²) in [6, 6.07) is 15.4. The zero-order valence-corrected chi connectivity index (χ0v) is 29.4. The molecule has 5 aromatic carbocycles. The lowest BCUT2D eigenvalue weighted by Gasteiger charge is -2.19. The van der Waals surface area contributed by atoms with Gasteiger partial charge in [-0.05, 0) is 82.9 Å². The third-order valence-corrected chi connectivity index (χ3v) is 11.3. The van der Waals surface area contributed by atoms with Crippen LogP contribution in [0.15, 0.2) is 87.5 Å². The zero-order valence-electron chi connectivity index (χ0n) is 27.0. The Balaban J connectivity index is 1.70. The first-order chi connectivity index (χ1) is 24.2. The van der Waals surface area contributed by atoms with Crippen molar-refractivity contribution in [3.05, 3.63) is 117 Å². The van der Waals surface area contributed by atoms with Crippen LogP contribution < -0.4 is 4.74 Å². The van der Waals surface area contributed by atoms with E-state index in [2.05, 4.69) is 0 Å². The lowest BCUT2D eigenvalue weighted by Crippen LogP contribution is -2.07. The molecule has 0 heterocycles. The lowest BCUT2D eigenvalue weighted by atomic mass is 9.89. The van der Waals surface area contributed by atoms with Crippen molar-refractivity contribution >= 4 is 30.4 Å². The topological polar surface area (TPSA) is 253 Å². The van der Waals surface area contributed by atoms with E-state index in [0.29, 0.717) is 16.9 Å². The van der Waals surface area contributed by atoms with Crippen molar-refractivity contribution < 1.29 is 64.1 Å². The Morgan fingerprint density at radius 2 is 0.673 bits per heavy atom. The molecule has 5 aromatic rings. The molecule has 0 aliphatic heterocycles. The molecule has 0 amide bonds. The van der Waals surface area contributed by atoms with E-state index in [4.69, 9.17) is 4.74 Å². The van der Waals surface area contributed by atoms with Crippen LogP contribution in [0.25, 0.3) is 11.1 Å². The highest BCUT2D eigenvalue weighted by Gasteiger charge is 2.26. The highest BCUT2D eigenvalue weighted by atomic mass is 32.2. The molecule has 8 bridgehead atoms. The molecule has 272 valence electrons. The van der Waals surface area contributed by atoms with Gasteiger partial charge in [0, 0.05) is 59.1 Å². The van der Waals surface area contributed by atoms with E-state index < -0.39 is 75.1 Å². The van der Waals surface area contributed by atoms with Crippen LogP contribution in [-0.2, 0) is 56.0 Å². The summed E-state index contributed by atoms with van der Waals surface area (Å²) in [4.78, 5) is -2.06. The minimum Gasteiger partial charge on any atom is -0.507 e. The molecule has 0 saturated heterocycles. The van der Waals surface area contributed by atoms with Crippen LogP contribution in [0.3, 0.4) is 0 Å². The zero-order chi connectivity index (χ0) is 37.9. The van der Waals surface area contributed by atoms with Gasteiger partial charge in [-0.15, -0.1) is 0 Å². The summed E-state index contributed by atoms with van der Waals surface area (Å²) in [6.45, 7) is 0. The summed E-state index contributed by atoms with van der Waals surface area (Å²) in [5.41, 5.74) is 0.179. The molecule has 0 aromatic heterocycles. The normalized spacial score (nSPS) is 13.5. The monoisotopic (exact) mass is 770 g/mol. The molecule has 17 heteroatoms. The van der Waals surface area contributed by atoms with E-state index in [1.165, 1.54) is 7.11 Å². The summed E-state index contributed by atoms with van der Waals surface area (Å²) in [5, 5.41) is 45.9. The summed E-state index contributed by atoms with van der Waals surface area (Å²) in [6.07, 6.45) is -1.88. The smallest absolute Gasteiger partial charge is 0.294 e. The van der Waals surface area contributed by atoms with Crippen molar-refractivity contribution in [1.29, 1.82) is 0 Å². The molecule has 0 atom stereocenters. The number of ether oxygens (including phenoxy) is 1. The van der Waals surface area contributed by atoms with Crippen molar-refractivity contribution in [2.45, 2.75) is 40.4 Å². The molecule has 1 aliphatic carbocycles. The number of benzene rings is 5. The maximum absolute atomic E-state index is 12.4. The van der Waals surface area contributed by atoms with Crippen LogP contribution in [-0.4, -0.2) is 66.4 Å². The van der Waals surface area contributed by atoms with E-state index in [1.807, 2.05) is 0 Å². The molecule has 0 radical (unpaired) electrons. The van der Waals surface area contributed by atoms with Gasteiger partial charge in [0.1, 0.15) is 28.7 Å². The maximum atomic E-state index is 12.4. The van der Waals surface area contributed by atoms with Gasteiger partial charge in [-0.25, -0.2) is 0 Å². The number of phenols is 4. The van der Waals surface area contributed by atoms with Gasteiger partial charge in [0.15, 0.2) is 0 Å². The van der Waals surface area contributed by atoms with Gasteiger partial charge in [0.25, 0.3) is 30.4 Å². The molecular weight excluding hydrogens is 741 g/mol. The Bertz CT molecular complexity index is 2480. The molecule has 52 heavy (non-hydrogen) atoms. The van der Waals surface area contributed by atoms with E-state index in [-0.39, 0.29) is 63.1 Å². The van der Waals surface area contributed by atoms with E-state index in [1.54, 1.807) is 36.4 Å². The maximum Gasteiger partial charge on any atom is 0.294 e. The average Bonchev–Trinajstić information content (AvgIpc) is 3.05. The van der Waals surface area contributed by atoms with E-state index >= 15 is 0 Å². The fourth-order valence-corrected chi connectivity index (χ4v) is 7.99. The Morgan fingerprint density at radius 3 is 0.904 bits per heavy atom. The fraction of sp³-hybridized carbons (Fsp3) is 0.143. The lowest BCUT2D eigenvalue weighted by molar-refractivity contribution is 0.415. The van der Waals surface area contributed by atoms with Gasteiger partial charge in [0.2, 0.25) is 0 Å². The highest BCUT2D eigenvalue weighted by molar-refractivity contribution is 7.86. The number of hydrogen-bond donors (Lipinski definition) is 7. The van der Waals surface area contributed by atoms with Crippen LogP contribution in [0.5, 0.6) is 28.7 Å². The van der Waals surface area contributed by atoms with Gasteiger partial charge in [-0.1, -0.05) is 12.1 Å². The minimum absolute atomic E-state index is 0.116. The highest BCUT2D eigenvalue weighted by Crippen LogP contribution is 2.41. The number of fused-ring (bicyclic) bond motifs is 8. The van der Waals surface area contributed by atoms with Crippen molar-refractivity contribution in [1.82, 2.24) is 0 Å². The van der Waals surface area contributed by atoms with Crippen LogP contribution in [0, 0.1) is 0 Å². The largest absolute Gasteiger partial charge is 0.507 e. The Kier molecular flexibility index (Phi) is 9.23. The first-order valence-electron chi connectivity index (χ1n) is 15.2. The number of aromatic hydroxyl groups is 4. The summed E-state index contributed by atoms with van der Waals surface area (Å²) in [7, 11) is -13.3. The Morgan fingerprint density at radius 1 is 0.423 bits per heavy atom. The molecule has 0 unspecified atom stereocenters. The van der Waals surface area contributed by atoms with E-state index in [9.17, 15) is 59.3 Å². The molecule has 0 saturated carbocycles. The number of hydrogen-bond acceptors (Lipinski definition) is 11. The molecule has 1 aliphatic rings. The second-order valence-electron chi connectivity index (χ2n) is 12.3. The van der Waals surface area contributed by atoms with Crippen LogP contribution in [0.2, 0.25) is 0 Å². The molecular formula is C35H30O14S3. The third-order valence-electron chi connectivity index (χ3n) is 8.83. The third kappa shape index (κ3) is 7.27. The first kappa shape index (κ1) is 36.6. The van der Waals surface area contributed by atoms with Gasteiger partial charge < -0.3 is 25.2 Å². The molecule has 0 spiro atoms. The van der Waals surface area contributed by atoms with Crippen LogP contribution in [0.4, 0.5) is 0 Å². The van der Waals surface area contributed by atoms with Crippen molar-refractivity contribution in [2.24, 2.45) is 0 Å². The number of phenolic OH excluding ortho intramolecular Hbond substituents is 4. The predicted molar refractivity (Wildman–Crippen MR) is 185 cm³/mol. The molecule has 0 fully saturated rings. The molecule has 7 N–H and O–H groups in total. The second-order valence-corrected chi connectivity index (χ2v) is 16.5. The molecule has 14 nitrogen and oxygen atoms in total. The minimum atomic E-state index is -4.96. The van der Waals surface area contributed by atoms with Crippen molar-refractivity contribution in [2.75, 3.05) is 7.11 Å². The van der Waals surface area contributed by atoms with Crippen molar-refractivity contribution in [3.63, 3.8) is 0 Å². The second kappa shape index (κ2) is 13.1. The predicted octanol–water partition coefficient (Wildman–Crippen LogP) is 4.60. The SMILES string of the molecule is COc1ccc(-c2cc3c(O)c(c2)Cc2cc(S(=O)(=O)O)cc(c2O)Cc2cc(S(=O)(=O)O)cc(c2O)Cc2cc(S(=O)(=O)O)cc(c2O)C3)cc1. The number of rotatable bonds is 5. The standard InChI is InChI=1S/C35H30O14S3/c1-49-28-4-2-18(3-5-28)19-6-20-8-22-12-29(50(40,41)42)14-24(33(22)37)10-26-16-31(52(46,47)48)17-27(35(26)39)11-25-15-30(51(43,44)45)13-23(34(25)38)9-21(7-19)32(20)36/h2-7,12-17,36-39H,8-11H2,1H3,(H,40,41,42)(H,43,44,45)(H,46,47,48). The quantitative estimate of drug-likeness (QED) is 0.118. The van der Waals surface area contributed by atoms with E-state index in [0.717, 1.165) is 36.4 Å². The van der Waals surface area contributed by atoms with Crippen LogP contribution in [0.1, 0.15) is 44.5 Å². The van der Waals surface area contributed by atoms with Crippen molar-refractivity contribution in [3.8, 4) is 39.9 Å². The number of methoxy groups -OCH3 is 1. The van der Waals surface area contributed by atoms with Gasteiger partial charge in [-0.2, -0.15) is 25.3 Å². The Hall–Kier alpha value is -5.17. The molecule has 6 rings (SSSR count).